The Balaban J connectivity index is 1.03. The first-order chi connectivity index (χ1) is 27.6. The van der Waals surface area contributed by atoms with Gasteiger partial charge in [-0.3, -0.25) is 9.59 Å². The lowest BCUT2D eigenvalue weighted by atomic mass is 10.1. The molecule has 0 aliphatic rings. The Bertz CT molecular complexity index is 2190. The van der Waals surface area contributed by atoms with Crippen LogP contribution in [0.25, 0.3) is 0 Å². The van der Waals surface area contributed by atoms with Gasteiger partial charge in [0.25, 0.3) is 11.8 Å². The van der Waals surface area contributed by atoms with Crippen LogP contribution in [-0.2, 0) is 26.4 Å². The molecule has 56 heavy (non-hydrogen) atoms. The first-order valence-electron chi connectivity index (χ1n) is 18.2. The van der Waals surface area contributed by atoms with Crippen molar-refractivity contribution in [3.05, 3.63) is 215 Å². The van der Waals surface area contributed by atoms with E-state index < -0.39 is 0 Å². The van der Waals surface area contributed by atoms with E-state index in [9.17, 15) is 9.59 Å². The Hall–Kier alpha value is -7.32. The van der Waals surface area contributed by atoms with Crippen molar-refractivity contribution >= 4 is 23.2 Å². The predicted octanol–water partition coefficient (Wildman–Crippen LogP) is 10.5. The van der Waals surface area contributed by atoms with Crippen LogP contribution in [0, 0.1) is 0 Å². The third-order valence-corrected chi connectivity index (χ3v) is 8.74. The second-order valence-corrected chi connectivity index (χ2v) is 12.9. The van der Waals surface area contributed by atoms with Gasteiger partial charge in [-0.05, 0) is 76.9 Å². The zero-order valence-electron chi connectivity index (χ0n) is 30.6. The highest BCUT2D eigenvalue weighted by molar-refractivity contribution is 6.07. The molecule has 2 N–H and O–H groups in total. The zero-order chi connectivity index (χ0) is 38.4. The lowest BCUT2D eigenvalue weighted by molar-refractivity contribution is 0.101. The maximum Gasteiger partial charge on any atom is 0.255 e. The summed E-state index contributed by atoms with van der Waals surface area (Å²) < 4.78 is 24.6. The Morgan fingerprint density at radius 2 is 0.661 bits per heavy atom. The van der Waals surface area contributed by atoms with E-state index in [2.05, 4.69) is 10.6 Å². The van der Waals surface area contributed by atoms with Gasteiger partial charge in [0.1, 0.15) is 26.4 Å². The average molecular weight is 741 g/mol. The van der Waals surface area contributed by atoms with Crippen LogP contribution in [0.2, 0.25) is 0 Å². The molecule has 0 spiro atoms. The van der Waals surface area contributed by atoms with Crippen LogP contribution in [0.1, 0.15) is 43.0 Å². The molecule has 0 atom stereocenters. The molecule has 0 unspecified atom stereocenters. The van der Waals surface area contributed by atoms with Gasteiger partial charge in [-0.25, -0.2) is 0 Å². The van der Waals surface area contributed by atoms with Gasteiger partial charge in [0.2, 0.25) is 0 Å². The van der Waals surface area contributed by atoms with Crippen LogP contribution >= 0.6 is 0 Å². The van der Waals surface area contributed by atoms with E-state index >= 15 is 0 Å². The molecular formula is C48H40N2O6. The quantitative estimate of drug-likeness (QED) is 0.102. The van der Waals surface area contributed by atoms with Crippen molar-refractivity contribution in [2.45, 2.75) is 26.4 Å². The van der Waals surface area contributed by atoms with Crippen LogP contribution in [0.5, 0.6) is 23.0 Å². The van der Waals surface area contributed by atoms with Crippen molar-refractivity contribution < 1.29 is 28.5 Å². The number of anilines is 2. The van der Waals surface area contributed by atoms with Gasteiger partial charge in [0, 0.05) is 22.5 Å². The lowest BCUT2D eigenvalue weighted by Gasteiger charge is -2.15. The summed E-state index contributed by atoms with van der Waals surface area (Å²) in [4.78, 5) is 27.1. The summed E-state index contributed by atoms with van der Waals surface area (Å²) in [7, 11) is 0. The van der Waals surface area contributed by atoms with Gasteiger partial charge in [-0.2, -0.15) is 0 Å². The Labute approximate surface area is 326 Å². The average Bonchev–Trinajstić information content (AvgIpc) is 3.25. The molecule has 7 rings (SSSR count). The fourth-order valence-corrected chi connectivity index (χ4v) is 5.79. The molecule has 0 aliphatic carbocycles. The Kier molecular flexibility index (Phi) is 12.3. The number of hydrogen-bond donors (Lipinski definition) is 2. The van der Waals surface area contributed by atoms with E-state index in [0.29, 0.717) is 71.9 Å². The fourth-order valence-electron chi connectivity index (χ4n) is 5.79. The largest absolute Gasteiger partial charge is 0.485 e. The van der Waals surface area contributed by atoms with Crippen LogP contribution in [-0.4, -0.2) is 11.8 Å². The van der Waals surface area contributed by atoms with Crippen LogP contribution < -0.4 is 29.6 Å². The van der Waals surface area contributed by atoms with Crippen LogP contribution in [0.4, 0.5) is 11.4 Å². The maximum absolute atomic E-state index is 13.5. The molecule has 7 aromatic rings. The lowest BCUT2D eigenvalue weighted by Crippen LogP contribution is -2.14. The minimum Gasteiger partial charge on any atom is -0.485 e. The monoisotopic (exact) mass is 740 g/mol. The van der Waals surface area contributed by atoms with E-state index in [0.717, 1.165) is 22.3 Å². The molecule has 0 saturated carbocycles. The van der Waals surface area contributed by atoms with E-state index in [1.807, 2.05) is 121 Å². The topological polar surface area (TPSA) is 95.1 Å². The predicted molar refractivity (Wildman–Crippen MR) is 218 cm³/mol. The highest BCUT2D eigenvalue weighted by Gasteiger charge is 2.16. The molecule has 278 valence electrons. The molecule has 8 heteroatoms. The van der Waals surface area contributed by atoms with E-state index in [4.69, 9.17) is 18.9 Å². The van der Waals surface area contributed by atoms with Crippen molar-refractivity contribution in [2.75, 3.05) is 10.6 Å². The highest BCUT2D eigenvalue weighted by Crippen LogP contribution is 2.32. The Morgan fingerprint density at radius 3 is 1.00 bits per heavy atom. The van der Waals surface area contributed by atoms with Crippen molar-refractivity contribution in [3.63, 3.8) is 0 Å². The summed E-state index contributed by atoms with van der Waals surface area (Å²) in [5.41, 5.74) is 5.76. The molecule has 2 amide bonds. The van der Waals surface area contributed by atoms with Crippen LogP contribution in [0.3, 0.4) is 0 Å². The molecule has 7 aromatic carbocycles. The first-order valence-corrected chi connectivity index (χ1v) is 18.2. The molecule has 0 aromatic heterocycles. The van der Waals surface area contributed by atoms with E-state index in [-0.39, 0.29) is 11.8 Å². The summed E-state index contributed by atoms with van der Waals surface area (Å²) in [6.45, 7) is 1.31. The smallest absolute Gasteiger partial charge is 0.255 e. The number of nitrogens with one attached hydrogen (secondary N) is 2. The van der Waals surface area contributed by atoms with Gasteiger partial charge in [0.05, 0.1) is 0 Å². The first kappa shape index (κ1) is 37.0. The van der Waals surface area contributed by atoms with Crippen molar-refractivity contribution in [2.24, 2.45) is 0 Å². The Morgan fingerprint density at radius 1 is 0.339 bits per heavy atom. The van der Waals surface area contributed by atoms with Crippen LogP contribution in [0.15, 0.2) is 182 Å². The van der Waals surface area contributed by atoms with Gasteiger partial charge >= 0.3 is 0 Å². The third-order valence-electron chi connectivity index (χ3n) is 8.74. The zero-order valence-corrected chi connectivity index (χ0v) is 30.6. The fraction of sp³-hybridized carbons (Fsp3) is 0.0833. The summed E-state index contributed by atoms with van der Waals surface area (Å²) in [6.07, 6.45) is 0. The number of hydrogen-bond acceptors (Lipinski definition) is 6. The SMILES string of the molecule is O=C(Nc1cccc(NC(=O)c2ccc(OCc3ccccc3)c(OCc3ccccc3)c2)c1)c1ccc(OCc2ccccc2)c(OCc2ccccc2)c1. The third kappa shape index (κ3) is 10.4. The number of ether oxygens (including phenoxy) is 4. The summed E-state index contributed by atoms with van der Waals surface area (Å²) in [6, 6.07) is 56.5. The number of benzene rings is 7. The molecule has 0 heterocycles. The number of amides is 2. The second-order valence-electron chi connectivity index (χ2n) is 12.9. The maximum atomic E-state index is 13.5. The van der Waals surface area contributed by atoms with E-state index in [1.54, 1.807) is 60.7 Å². The van der Waals surface area contributed by atoms with E-state index in [1.165, 1.54) is 0 Å². The van der Waals surface area contributed by atoms with Gasteiger partial charge < -0.3 is 29.6 Å². The normalized spacial score (nSPS) is 10.6. The van der Waals surface area contributed by atoms with Crippen molar-refractivity contribution in [1.82, 2.24) is 0 Å². The van der Waals surface area contributed by atoms with Gasteiger partial charge in [0.15, 0.2) is 23.0 Å². The molecule has 0 bridgehead atoms. The molecule has 0 radical (unpaired) electrons. The minimum absolute atomic E-state index is 0.305. The molecular weight excluding hydrogens is 701 g/mol. The second kappa shape index (κ2) is 18.6. The highest BCUT2D eigenvalue weighted by atomic mass is 16.5. The number of rotatable bonds is 16. The minimum atomic E-state index is -0.348. The van der Waals surface area contributed by atoms with Crippen molar-refractivity contribution in [1.29, 1.82) is 0 Å². The summed E-state index contributed by atoms with van der Waals surface area (Å²) in [5.74, 6) is 1.24. The summed E-state index contributed by atoms with van der Waals surface area (Å²) >= 11 is 0. The summed E-state index contributed by atoms with van der Waals surface area (Å²) in [5, 5.41) is 5.89. The van der Waals surface area contributed by atoms with Crippen molar-refractivity contribution in [3.8, 4) is 23.0 Å². The molecule has 0 fully saturated rings. The number of carbonyl (C=O) groups excluding carboxylic acids is 2. The molecule has 0 saturated heterocycles. The van der Waals surface area contributed by atoms with Gasteiger partial charge in [-0.1, -0.05) is 127 Å². The molecule has 8 nitrogen and oxygen atoms in total. The van der Waals surface area contributed by atoms with Gasteiger partial charge in [-0.15, -0.1) is 0 Å². The molecule has 0 aliphatic heterocycles. The standard InChI is InChI=1S/C48H40N2O6/c51-47(39-24-26-43(53-31-35-14-5-1-6-15-35)45(28-39)55-33-37-18-9-3-10-19-37)49-41-22-13-23-42(30-41)50-48(52)40-25-27-44(54-32-36-16-7-2-8-17-36)46(29-40)56-34-38-20-11-4-12-21-38/h1-30H,31-34H2,(H,49,51)(H,50,52). The number of carbonyl (C=O) groups is 2.